The Balaban J connectivity index is 1.81. The number of carboxylic acid groups (broad SMARTS) is 1. The van der Waals surface area contributed by atoms with Gasteiger partial charge in [0.25, 0.3) is 5.56 Å². The maximum absolute atomic E-state index is 11.8. The number of carboxylic acids is 1. The van der Waals surface area contributed by atoms with E-state index in [1.807, 2.05) is 0 Å². The Morgan fingerprint density at radius 3 is 3.10 bits per heavy atom. The van der Waals surface area contributed by atoms with Gasteiger partial charge in [0.1, 0.15) is 11.2 Å². The molecule has 0 aromatic carbocycles. The third kappa shape index (κ3) is 2.93. The first-order chi connectivity index (χ1) is 10.1. The smallest absolute Gasteiger partial charge is 0.354 e. The number of fused-ring (bicyclic) bond motifs is 1. The van der Waals surface area contributed by atoms with Gasteiger partial charge in [-0.15, -0.1) is 11.8 Å². The van der Waals surface area contributed by atoms with Crippen molar-refractivity contribution in [1.82, 2.24) is 19.6 Å². The van der Waals surface area contributed by atoms with Crippen molar-refractivity contribution in [2.24, 2.45) is 0 Å². The minimum Gasteiger partial charge on any atom is -0.477 e. The fraction of sp³-hybridized carbons (Fsp3) is 0.0833. The molecule has 3 aromatic heterocycles. The molecular weight excluding hydrogens is 312 g/mol. The molecule has 0 aliphatic rings. The predicted molar refractivity (Wildman–Crippen MR) is 77.9 cm³/mol. The van der Waals surface area contributed by atoms with Gasteiger partial charge in [-0.25, -0.2) is 14.8 Å². The first-order valence-corrected chi connectivity index (χ1v) is 7.64. The molecular formula is C12H8N4O3S2. The molecule has 0 radical (unpaired) electrons. The molecule has 0 aliphatic heterocycles. The van der Waals surface area contributed by atoms with E-state index in [0.29, 0.717) is 16.4 Å². The molecule has 3 rings (SSSR count). The second kappa shape index (κ2) is 5.62. The van der Waals surface area contributed by atoms with E-state index < -0.39 is 5.97 Å². The maximum Gasteiger partial charge on any atom is 0.354 e. The lowest BCUT2D eigenvalue weighted by atomic mass is 10.3. The van der Waals surface area contributed by atoms with Crippen LogP contribution in [0.15, 0.2) is 39.6 Å². The minimum atomic E-state index is -1.07. The van der Waals surface area contributed by atoms with Crippen LogP contribution >= 0.6 is 23.1 Å². The Morgan fingerprint density at radius 1 is 1.43 bits per heavy atom. The Bertz CT molecular complexity index is 874. The van der Waals surface area contributed by atoms with Gasteiger partial charge in [0.15, 0.2) is 0 Å². The molecule has 21 heavy (non-hydrogen) atoms. The van der Waals surface area contributed by atoms with Crippen LogP contribution in [-0.2, 0) is 5.75 Å². The molecule has 106 valence electrons. The zero-order valence-electron chi connectivity index (χ0n) is 10.5. The first kappa shape index (κ1) is 13.7. The van der Waals surface area contributed by atoms with E-state index >= 15 is 0 Å². The van der Waals surface area contributed by atoms with Crippen LogP contribution in [0.5, 0.6) is 0 Å². The maximum atomic E-state index is 11.8. The molecule has 0 unspecified atom stereocenters. The van der Waals surface area contributed by atoms with Gasteiger partial charge in [-0.05, 0) is 12.1 Å². The van der Waals surface area contributed by atoms with Gasteiger partial charge in [0, 0.05) is 22.9 Å². The quantitative estimate of drug-likeness (QED) is 0.728. The molecule has 0 bridgehead atoms. The lowest BCUT2D eigenvalue weighted by molar-refractivity contribution is 0.0690. The molecule has 0 atom stereocenters. The van der Waals surface area contributed by atoms with E-state index in [2.05, 4.69) is 15.1 Å². The number of hydrogen-bond acceptors (Lipinski definition) is 7. The second-order valence-corrected chi connectivity index (χ2v) is 5.85. The van der Waals surface area contributed by atoms with Crippen molar-refractivity contribution in [3.05, 3.63) is 51.6 Å². The zero-order chi connectivity index (χ0) is 14.8. The molecule has 3 heterocycles. The van der Waals surface area contributed by atoms with Crippen LogP contribution in [0.4, 0.5) is 0 Å². The summed E-state index contributed by atoms with van der Waals surface area (Å²) in [6, 6.07) is 4.64. The Hall–Kier alpha value is -2.26. The zero-order valence-corrected chi connectivity index (χ0v) is 12.1. The summed E-state index contributed by atoms with van der Waals surface area (Å²) in [5.74, 6) is -0.605. The van der Waals surface area contributed by atoms with Crippen molar-refractivity contribution in [3.8, 4) is 0 Å². The molecule has 0 saturated heterocycles. The fourth-order valence-electron chi connectivity index (χ4n) is 1.65. The molecule has 3 aromatic rings. The molecule has 0 spiro atoms. The summed E-state index contributed by atoms with van der Waals surface area (Å²) in [5, 5.41) is 12.8. The van der Waals surface area contributed by atoms with E-state index in [-0.39, 0.29) is 11.3 Å². The lowest BCUT2D eigenvalue weighted by Crippen LogP contribution is -2.14. The first-order valence-electron chi connectivity index (χ1n) is 5.78. The molecule has 0 fully saturated rings. The lowest BCUT2D eigenvalue weighted by Gasteiger charge is -2.02. The van der Waals surface area contributed by atoms with Gasteiger partial charge in [-0.3, -0.25) is 4.79 Å². The van der Waals surface area contributed by atoms with Crippen LogP contribution in [-0.4, -0.2) is 30.7 Å². The SMILES string of the molecule is O=C(O)c1cc(SCc2cc(=O)n3ncsc3n2)ccn1. The van der Waals surface area contributed by atoms with Gasteiger partial charge < -0.3 is 5.11 Å². The Kier molecular flexibility index (Phi) is 3.67. The van der Waals surface area contributed by atoms with Crippen LogP contribution in [0.1, 0.15) is 16.2 Å². The van der Waals surface area contributed by atoms with Gasteiger partial charge in [-0.2, -0.15) is 9.61 Å². The second-order valence-electron chi connectivity index (χ2n) is 3.99. The van der Waals surface area contributed by atoms with Gasteiger partial charge in [0.2, 0.25) is 4.96 Å². The summed E-state index contributed by atoms with van der Waals surface area (Å²) in [7, 11) is 0. The molecule has 1 N–H and O–H groups in total. The van der Waals surface area contributed by atoms with Crippen molar-refractivity contribution < 1.29 is 9.90 Å². The standard InChI is InChI=1S/C12H8N4O3S2/c17-10-3-7(15-12-16(10)14-6-21-12)5-20-8-1-2-13-9(4-8)11(18)19/h1-4,6H,5H2,(H,18,19). The normalized spacial score (nSPS) is 10.9. The summed E-state index contributed by atoms with van der Waals surface area (Å²) >= 11 is 2.68. The van der Waals surface area contributed by atoms with Crippen LogP contribution in [0, 0.1) is 0 Å². The van der Waals surface area contributed by atoms with Crippen molar-refractivity contribution >= 4 is 34.0 Å². The number of nitrogens with zero attached hydrogens (tertiary/aromatic N) is 4. The van der Waals surface area contributed by atoms with Gasteiger partial charge >= 0.3 is 5.97 Å². The summed E-state index contributed by atoms with van der Waals surface area (Å²) in [4.78, 5) is 32.0. The largest absolute Gasteiger partial charge is 0.477 e. The number of carbonyl (C=O) groups is 1. The van der Waals surface area contributed by atoms with E-state index in [0.717, 1.165) is 4.90 Å². The molecule has 9 heteroatoms. The highest BCUT2D eigenvalue weighted by Gasteiger charge is 2.08. The third-order valence-corrected chi connectivity index (χ3v) is 4.28. The predicted octanol–water partition coefficient (Wildman–Crippen LogP) is 1.54. The van der Waals surface area contributed by atoms with Gasteiger partial charge in [0.05, 0.1) is 5.69 Å². The average Bonchev–Trinajstić information content (AvgIpc) is 2.94. The number of thioether (sulfide) groups is 1. The topological polar surface area (TPSA) is 97.5 Å². The van der Waals surface area contributed by atoms with Crippen molar-refractivity contribution in [1.29, 1.82) is 0 Å². The van der Waals surface area contributed by atoms with Crippen LogP contribution < -0.4 is 5.56 Å². The molecule has 0 amide bonds. The van der Waals surface area contributed by atoms with Crippen molar-refractivity contribution in [2.45, 2.75) is 10.6 Å². The van der Waals surface area contributed by atoms with Crippen LogP contribution in [0.25, 0.3) is 4.96 Å². The number of hydrogen-bond donors (Lipinski definition) is 1. The number of aromatic nitrogens is 4. The van der Waals surface area contributed by atoms with Crippen molar-refractivity contribution in [2.75, 3.05) is 0 Å². The minimum absolute atomic E-state index is 0.00839. The van der Waals surface area contributed by atoms with E-state index in [9.17, 15) is 9.59 Å². The van der Waals surface area contributed by atoms with E-state index in [1.165, 1.54) is 45.9 Å². The summed E-state index contributed by atoms with van der Waals surface area (Å²) in [6.07, 6.45) is 1.44. The average molecular weight is 320 g/mol. The highest BCUT2D eigenvalue weighted by atomic mass is 32.2. The van der Waals surface area contributed by atoms with Crippen molar-refractivity contribution in [3.63, 3.8) is 0 Å². The highest BCUT2D eigenvalue weighted by Crippen LogP contribution is 2.22. The number of aromatic carboxylic acids is 1. The summed E-state index contributed by atoms with van der Waals surface area (Å²) in [6.45, 7) is 0. The molecule has 0 aliphatic carbocycles. The molecule has 0 saturated carbocycles. The van der Waals surface area contributed by atoms with Crippen LogP contribution in [0.3, 0.4) is 0 Å². The monoisotopic (exact) mass is 320 g/mol. The van der Waals surface area contributed by atoms with Crippen LogP contribution in [0.2, 0.25) is 0 Å². The number of pyridine rings is 1. The Morgan fingerprint density at radius 2 is 2.29 bits per heavy atom. The summed E-state index contributed by atoms with van der Waals surface area (Å²) in [5.41, 5.74) is 1.95. The fourth-order valence-corrected chi connectivity index (χ4v) is 3.11. The van der Waals surface area contributed by atoms with E-state index in [4.69, 9.17) is 5.11 Å². The van der Waals surface area contributed by atoms with Gasteiger partial charge in [-0.1, -0.05) is 11.3 Å². The highest BCUT2D eigenvalue weighted by molar-refractivity contribution is 7.98. The molecule has 7 nitrogen and oxygen atoms in total. The third-order valence-electron chi connectivity index (χ3n) is 2.58. The Labute approximate surface area is 126 Å². The van der Waals surface area contributed by atoms with E-state index in [1.54, 1.807) is 11.6 Å². The number of rotatable bonds is 4. The summed E-state index contributed by atoms with van der Waals surface area (Å²) < 4.78 is 1.24.